The number of benzene rings is 1. The van der Waals surface area contributed by atoms with Gasteiger partial charge in [0.2, 0.25) is 0 Å². The summed E-state index contributed by atoms with van der Waals surface area (Å²) in [6, 6.07) is 12.3. The quantitative estimate of drug-likeness (QED) is 0.636. The van der Waals surface area contributed by atoms with Crippen LogP contribution in [-0.4, -0.2) is 4.57 Å². The van der Waals surface area contributed by atoms with Gasteiger partial charge in [-0.2, -0.15) is 0 Å². The number of ether oxygens (including phenoxy) is 1. The molecule has 2 heterocycles. The maximum absolute atomic E-state index is 5.98. The minimum Gasteiger partial charge on any atom is -0.479 e. The summed E-state index contributed by atoms with van der Waals surface area (Å²) < 4.78 is 8.18. The molecule has 2 nitrogen and oxygen atoms in total. The van der Waals surface area contributed by atoms with Gasteiger partial charge in [0.05, 0.1) is 11.4 Å². The molecule has 1 aliphatic rings. The van der Waals surface area contributed by atoms with E-state index in [2.05, 4.69) is 42.8 Å². The summed E-state index contributed by atoms with van der Waals surface area (Å²) in [6.07, 6.45) is 2.08. The van der Waals surface area contributed by atoms with Gasteiger partial charge < -0.3 is 9.30 Å². The zero-order valence-corrected chi connectivity index (χ0v) is 8.90. The number of nitrogens with zero attached hydrogens (tertiary/aromatic N) is 1. The summed E-state index contributed by atoms with van der Waals surface area (Å²) in [5, 5.41) is 0. The molecule has 0 saturated carbocycles. The van der Waals surface area contributed by atoms with E-state index in [0.29, 0.717) is 0 Å². The Morgan fingerprint density at radius 2 is 1.87 bits per heavy atom. The molecule has 15 heavy (non-hydrogen) atoms. The second kappa shape index (κ2) is 2.66. The summed E-state index contributed by atoms with van der Waals surface area (Å²) >= 11 is 0. The molecule has 0 N–H and O–H groups in total. The van der Waals surface area contributed by atoms with Crippen molar-refractivity contribution in [2.24, 2.45) is 0 Å². The minimum absolute atomic E-state index is 0.252. The lowest BCUT2D eigenvalue weighted by Gasteiger charge is -2.34. The maximum atomic E-state index is 5.98. The number of rotatable bonds is 0. The van der Waals surface area contributed by atoms with Crippen LogP contribution in [0.5, 0.6) is 5.75 Å². The molecule has 76 valence electrons. The molecule has 0 bridgehead atoms. The Morgan fingerprint density at radius 1 is 1.07 bits per heavy atom. The van der Waals surface area contributed by atoms with Crippen molar-refractivity contribution < 1.29 is 4.74 Å². The van der Waals surface area contributed by atoms with E-state index in [9.17, 15) is 0 Å². The van der Waals surface area contributed by atoms with E-state index < -0.39 is 0 Å². The van der Waals surface area contributed by atoms with Gasteiger partial charge in [0.25, 0.3) is 0 Å². The van der Waals surface area contributed by atoms with Crippen molar-refractivity contribution >= 4 is 0 Å². The van der Waals surface area contributed by atoms with E-state index in [1.807, 2.05) is 18.2 Å². The van der Waals surface area contributed by atoms with Crippen LogP contribution in [-0.2, 0) is 5.60 Å². The third kappa shape index (κ3) is 1.11. The van der Waals surface area contributed by atoms with Crippen LogP contribution >= 0.6 is 0 Å². The highest BCUT2D eigenvalue weighted by molar-refractivity contribution is 5.51. The lowest BCUT2D eigenvalue weighted by Crippen LogP contribution is -2.32. The molecule has 0 spiro atoms. The maximum Gasteiger partial charge on any atom is 0.144 e. The van der Waals surface area contributed by atoms with E-state index in [4.69, 9.17) is 4.74 Å². The fourth-order valence-corrected chi connectivity index (χ4v) is 2.15. The van der Waals surface area contributed by atoms with Gasteiger partial charge in [0, 0.05) is 6.20 Å². The van der Waals surface area contributed by atoms with Gasteiger partial charge >= 0.3 is 0 Å². The van der Waals surface area contributed by atoms with Crippen molar-refractivity contribution in [1.82, 2.24) is 4.57 Å². The summed E-state index contributed by atoms with van der Waals surface area (Å²) in [6.45, 7) is 4.18. The Morgan fingerprint density at radius 3 is 2.73 bits per heavy atom. The van der Waals surface area contributed by atoms with Crippen molar-refractivity contribution in [1.29, 1.82) is 0 Å². The van der Waals surface area contributed by atoms with E-state index in [-0.39, 0.29) is 5.60 Å². The van der Waals surface area contributed by atoms with Crippen LogP contribution in [0, 0.1) is 0 Å². The summed E-state index contributed by atoms with van der Waals surface area (Å²) in [7, 11) is 0. The number of hydrogen-bond acceptors (Lipinski definition) is 1. The molecule has 2 aromatic rings. The zero-order chi connectivity index (χ0) is 10.5. The van der Waals surface area contributed by atoms with E-state index in [1.165, 1.54) is 5.69 Å². The predicted octanol–water partition coefficient (Wildman–Crippen LogP) is 3.10. The van der Waals surface area contributed by atoms with Crippen LogP contribution in [0.2, 0.25) is 0 Å². The first kappa shape index (κ1) is 8.60. The van der Waals surface area contributed by atoms with Gasteiger partial charge in [-0.25, -0.2) is 0 Å². The molecular formula is C13H13NO. The molecule has 0 atom stereocenters. The molecular weight excluding hydrogens is 186 g/mol. The van der Waals surface area contributed by atoms with Crippen LogP contribution in [0.3, 0.4) is 0 Å². The van der Waals surface area contributed by atoms with Crippen LogP contribution in [0.4, 0.5) is 0 Å². The third-order valence-corrected chi connectivity index (χ3v) is 2.86. The molecule has 2 heteroatoms. The number of hydrogen-bond donors (Lipinski definition) is 0. The molecule has 1 aromatic carbocycles. The average Bonchev–Trinajstić information content (AvgIpc) is 2.66. The molecule has 0 fully saturated rings. The first-order valence-corrected chi connectivity index (χ1v) is 5.15. The highest BCUT2D eigenvalue weighted by Gasteiger charge is 2.31. The van der Waals surface area contributed by atoms with Crippen LogP contribution in [0.25, 0.3) is 5.69 Å². The Hall–Kier alpha value is -1.70. The van der Waals surface area contributed by atoms with Gasteiger partial charge in [0.15, 0.2) is 0 Å². The molecule has 1 aromatic heterocycles. The monoisotopic (exact) mass is 199 g/mol. The first-order valence-electron chi connectivity index (χ1n) is 5.15. The van der Waals surface area contributed by atoms with Gasteiger partial charge in [-0.15, -0.1) is 0 Å². The Kier molecular flexibility index (Phi) is 1.52. The smallest absolute Gasteiger partial charge is 0.144 e. The highest BCUT2D eigenvalue weighted by Crippen LogP contribution is 2.38. The fraction of sp³-hybridized carbons (Fsp3) is 0.231. The topological polar surface area (TPSA) is 14.2 Å². The Bertz CT molecular complexity index is 511. The zero-order valence-electron chi connectivity index (χ0n) is 8.90. The normalized spacial score (nSPS) is 16.4. The molecule has 0 aliphatic carbocycles. The van der Waals surface area contributed by atoms with Crippen LogP contribution in [0.15, 0.2) is 42.6 Å². The second-order valence-corrected chi connectivity index (χ2v) is 4.34. The summed E-state index contributed by atoms with van der Waals surface area (Å²) in [5.41, 5.74) is 2.07. The molecule has 0 amide bonds. The van der Waals surface area contributed by atoms with Gasteiger partial charge in [-0.3, -0.25) is 0 Å². The molecule has 1 aliphatic heterocycles. The number of fused-ring (bicyclic) bond motifs is 3. The lowest BCUT2D eigenvalue weighted by atomic mass is 10.0. The highest BCUT2D eigenvalue weighted by atomic mass is 16.5. The second-order valence-electron chi connectivity index (χ2n) is 4.34. The Balaban J connectivity index is 2.32. The largest absolute Gasteiger partial charge is 0.479 e. The van der Waals surface area contributed by atoms with Crippen molar-refractivity contribution in [3.8, 4) is 11.4 Å². The van der Waals surface area contributed by atoms with Crippen molar-refractivity contribution in [3.63, 3.8) is 0 Å². The predicted molar refractivity (Wildman–Crippen MR) is 59.4 cm³/mol. The summed E-state index contributed by atoms with van der Waals surface area (Å²) in [4.78, 5) is 0. The van der Waals surface area contributed by atoms with E-state index >= 15 is 0 Å². The first-order chi connectivity index (χ1) is 7.18. The van der Waals surface area contributed by atoms with E-state index in [0.717, 1.165) is 11.4 Å². The molecule has 0 unspecified atom stereocenters. The SMILES string of the molecule is CC1(C)Oc2ccccc2-n2cccc21. The Labute approximate surface area is 89.1 Å². The van der Waals surface area contributed by atoms with Gasteiger partial charge in [0.1, 0.15) is 11.4 Å². The van der Waals surface area contributed by atoms with Gasteiger partial charge in [-0.1, -0.05) is 12.1 Å². The van der Waals surface area contributed by atoms with Crippen molar-refractivity contribution in [2.45, 2.75) is 19.4 Å². The molecule has 0 radical (unpaired) electrons. The number of para-hydroxylation sites is 2. The third-order valence-electron chi connectivity index (χ3n) is 2.86. The number of aromatic nitrogens is 1. The lowest BCUT2D eigenvalue weighted by molar-refractivity contribution is 0.0925. The van der Waals surface area contributed by atoms with E-state index in [1.54, 1.807) is 0 Å². The standard InChI is InChI=1S/C13H13NO/c1-13(2)12-8-5-9-14(12)10-6-3-4-7-11(10)15-13/h3-9H,1-2H3. The van der Waals surface area contributed by atoms with Crippen molar-refractivity contribution in [2.75, 3.05) is 0 Å². The molecule has 3 rings (SSSR count). The van der Waals surface area contributed by atoms with Gasteiger partial charge in [-0.05, 0) is 38.1 Å². The van der Waals surface area contributed by atoms with Crippen LogP contribution < -0.4 is 4.74 Å². The molecule has 0 saturated heterocycles. The fourth-order valence-electron chi connectivity index (χ4n) is 2.15. The van der Waals surface area contributed by atoms with Crippen LogP contribution in [0.1, 0.15) is 19.5 Å². The average molecular weight is 199 g/mol. The summed E-state index contributed by atoms with van der Waals surface area (Å²) in [5.74, 6) is 0.950. The minimum atomic E-state index is -0.252. The van der Waals surface area contributed by atoms with Crippen molar-refractivity contribution in [3.05, 3.63) is 48.3 Å².